The Morgan fingerprint density at radius 2 is 1.76 bits per heavy atom. The SMILES string of the molecule is CCc1noc2nc(C)nc(Nc3cc(C)cc(C)c3)c12. The Morgan fingerprint density at radius 1 is 1.05 bits per heavy atom. The van der Waals surface area contributed by atoms with E-state index in [-0.39, 0.29) is 0 Å². The number of aryl methyl sites for hydroxylation is 4. The van der Waals surface area contributed by atoms with E-state index in [2.05, 4.69) is 52.5 Å². The standard InChI is InChI=1S/C16H18N4O/c1-5-13-14-15(17-11(4)18-16(14)21-20-13)19-12-7-9(2)6-10(3)8-12/h6-8H,5H2,1-4H3,(H,17,18,19). The first-order valence-corrected chi connectivity index (χ1v) is 7.05. The van der Waals surface area contributed by atoms with Crippen molar-refractivity contribution in [2.24, 2.45) is 0 Å². The van der Waals surface area contributed by atoms with Crippen LogP contribution in [-0.4, -0.2) is 15.1 Å². The van der Waals surface area contributed by atoms with Crippen LogP contribution >= 0.6 is 0 Å². The monoisotopic (exact) mass is 282 g/mol. The van der Waals surface area contributed by atoms with Crippen molar-refractivity contribution >= 4 is 22.6 Å². The largest absolute Gasteiger partial charge is 0.339 e. The minimum Gasteiger partial charge on any atom is -0.339 e. The first-order chi connectivity index (χ1) is 10.1. The van der Waals surface area contributed by atoms with Gasteiger partial charge in [0.05, 0.1) is 5.69 Å². The molecular formula is C16H18N4O. The molecule has 0 saturated carbocycles. The van der Waals surface area contributed by atoms with E-state index in [1.807, 2.05) is 13.8 Å². The summed E-state index contributed by atoms with van der Waals surface area (Å²) < 4.78 is 5.31. The molecule has 0 atom stereocenters. The molecule has 0 bridgehead atoms. The van der Waals surface area contributed by atoms with Crippen LogP contribution in [0.5, 0.6) is 0 Å². The Hall–Kier alpha value is -2.43. The molecular weight excluding hydrogens is 264 g/mol. The van der Waals surface area contributed by atoms with Crippen molar-refractivity contribution < 1.29 is 4.52 Å². The summed E-state index contributed by atoms with van der Waals surface area (Å²) in [7, 11) is 0. The van der Waals surface area contributed by atoms with Crippen LogP contribution in [0, 0.1) is 20.8 Å². The molecule has 108 valence electrons. The average molecular weight is 282 g/mol. The van der Waals surface area contributed by atoms with Gasteiger partial charge in [0.15, 0.2) is 0 Å². The zero-order chi connectivity index (χ0) is 15.0. The molecule has 3 aromatic rings. The van der Waals surface area contributed by atoms with Crippen molar-refractivity contribution in [3.8, 4) is 0 Å². The maximum absolute atomic E-state index is 5.31. The van der Waals surface area contributed by atoms with Crippen LogP contribution in [0.25, 0.3) is 11.1 Å². The number of fused-ring (bicyclic) bond motifs is 1. The van der Waals surface area contributed by atoms with Gasteiger partial charge in [0.25, 0.3) is 5.71 Å². The van der Waals surface area contributed by atoms with Crippen LogP contribution in [0.15, 0.2) is 22.7 Å². The normalized spacial score (nSPS) is 11.0. The Balaban J connectivity index is 2.12. The summed E-state index contributed by atoms with van der Waals surface area (Å²) in [5.74, 6) is 1.41. The fourth-order valence-corrected chi connectivity index (χ4v) is 2.53. The summed E-state index contributed by atoms with van der Waals surface area (Å²) in [5.41, 5.74) is 4.83. The molecule has 0 unspecified atom stereocenters. The molecule has 0 aliphatic carbocycles. The molecule has 0 saturated heterocycles. The number of rotatable bonds is 3. The average Bonchev–Trinajstić information content (AvgIpc) is 2.80. The van der Waals surface area contributed by atoms with Crippen molar-refractivity contribution in [2.75, 3.05) is 5.32 Å². The van der Waals surface area contributed by atoms with Crippen LogP contribution < -0.4 is 5.32 Å². The van der Waals surface area contributed by atoms with Crippen LogP contribution in [0.2, 0.25) is 0 Å². The van der Waals surface area contributed by atoms with E-state index in [0.717, 1.165) is 29.0 Å². The van der Waals surface area contributed by atoms with Crippen LogP contribution in [0.1, 0.15) is 29.6 Å². The van der Waals surface area contributed by atoms with E-state index in [1.54, 1.807) is 0 Å². The van der Waals surface area contributed by atoms with Crippen molar-refractivity contribution in [2.45, 2.75) is 34.1 Å². The van der Waals surface area contributed by atoms with Gasteiger partial charge in [-0.1, -0.05) is 18.1 Å². The number of benzene rings is 1. The van der Waals surface area contributed by atoms with Gasteiger partial charge in [-0.2, -0.15) is 4.98 Å². The Bertz CT molecular complexity index is 787. The summed E-state index contributed by atoms with van der Waals surface area (Å²) >= 11 is 0. The zero-order valence-electron chi connectivity index (χ0n) is 12.7. The second kappa shape index (κ2) is 5.16. The highest BCUT2D eigenvalue weighted by Crippen LogP contribution is 2.28. The van der Waals surface area contributed by atoms with Gasteiger partial charge >= 0.3 is 0 Å². The molecule has 5 heteroatoms. The first-order valence-electron chi connectivity index (χ1n) is 7.05. The lowest BCUT2D eigenvalue weighted by Gasteiger charge is -2.09. The molecule has 0 aliphatic rings. The van der Waals surface area contributed by atoms with Crippen molar-refractivity contribution in [1.29, 1.82) is 0 Å². The second-order valence-corrected chi connectivity index (χ2v) is 5.28. The van der Waals surface area contributed by atoms with Crippen molar-refractivity contribution in [3.05, 3.63) is 40.8 Å². The maximum Gasteiger partial charge on any atom is 0.263 e. The third-order valence-electron chi connectivity index (χ3n) is 3.34. The zero-order valence-corrected chi connectivity index (χ0v) is 12.7. The highest BCUT2D eigenvalue weighted by Gasteiger charge is 2.15. The lowest BCUT2D eigenvalue weighted by molar-refractivity contribution is 0.439. The van der Waals surface area contributed by atoms with Crippen molar-refractivity contribution in [3.63, 3.8) is 0 Å². The fourth-order valence-electron chi connectivity index (χ4n) is 2.53. The Labute approximate surface area is 123 Å². The molecule has 1 N–H and O–H groups in total. The molecule has 1 aromatic carbocycles. The summed E-state index contributed by atoms with van der Waals surface area (Å²) in [6.07, 6.45) is 0.779. The molecule has 2 aromatic heterocycles. The van der Waals surface area contributed by atoms with E-state index in [9.17, 15) is 0 Å². The van der Waals surface area contributed by atoms with E-state index in [4.69, 9.17) is 4.52 Å². The molecule has 3 rings (SSSR count). The summed E-state index contributed by atoms with van der Waals surface area (Å²) in [5, 5.41) is 8.32. The smallest absolute Gasteiger partial charge is 0.263 e. The van der Waals surface area contributed by atoms with Crippen LogP contribution in [-0.2, 0) is 6.42 Å². The van der Waals surface area contributed by atoms with Crippen LogP contribution in [0.4, 0.5) is 11.5 Å². The minimum atomic E-state index is 0.534. The van der Waals surface area contributed by atoms with Crippen LogP contribution in [0.3, 0.4) is 0 Å². The number of aromatic nitrogens is 3. The van der Waals surface area contributed by atoms with Gasteiger partial charge in [-0.25, -0.2) is 4.98 Å². The quantitative estimate of drug-likeness (QED) is 0.790. The van der Waals surface area contributed by atoms with Gasteiger partial charge in [0, 0.05) is 5.69 Å². The summed E-state index contributed by atoms with van der Waals surface area (Å²) in [6, 6.07) is 6.33. The third-order valence-corrected chi connectivity index (χ3v) is 3.34. The fraction of sp³-hybridized carbons (Fsp3) is 0.312. The maximum atomic E-state index is 5.31. The summed E-state index contributed by atoms with van der Waals surface area (Å²) in [6.45, 7) is 8.05. The van der Waals surface area contributed by atoms with E-state index in [0.29, 0.717) is 11.5 Å². The second-order valence-electron chi connectivity index (χ2n) is 5.28. The molecule has 0 radical (unpaired) electrons. The van der Waals surface area contributed by atoms with Gasteiger partial charge in [-0.3, -0.25) is 0 Å². The number of anilines is 2. The van der Waals surface area contributed by atoms with Gasteiger partial charge in [-0.05, 0) is 50.5 Å². The number of hydrogen-bond donors (Lipinski definition) is 1. The van der Waals surface area contributed by atoms with Gasteiger partial charge < -0.3 is 9.84 Å². The first kappa shape index (κ1) is 13.5. The Morgan fingerprint density at radius 3 is 2.43 bits per heavy atom. The molecule has 0 amide bonds. The number of nitrogens with zero attached hydrogens (tertiary/aromatic N) is 3. The molecule has 0 aliphatic heterocycles. The van der Waals surface area contributed by atoms with E-state index in [1.165, 1.54) is 11.1 Å². The molecule has 5 nitrogen and oxygen atoms in total. The van der Waals surface area contributed by atoms with Gasteiger partial charge in [0.1, 0.15) is 17.0 Å². The minimum absolute atomic E-state index is 0.534. The topological polar surface area (TPSA) is 63.8 Å². The van der Waals surface area contributed by atoms with Gasteiger partial charge in [0.2, 0.25) is 0 Å². The predicted molar refractivity (Wildman–Crippen MR) is 82.9 cm³/mol. The Kier molecular flexibility index (Phi) is 3.33. The molecule has 21 heavy (non-hydrogen) atoms. The summed E-state index contributed by atoms with van der Waals surface area (Å²) in [4.78, 5) is 8.82. The van der Waals surface area contributed by atoms with E-state index >= 15 is 0 Å². The molecule has 2 heterocycles. The number of hydrogen-bond acceptors (Lipinski definition) is 5. The van der Waals surface area contributed by atoms with Gasteiger partial charge in [-0.15, -0.1) is 0 Å². The predicted octanol–water partition coefficient (Wildman–Crippen LogP) is 3.85. The highest BCUT2D eigenvalue weighted by molar-refractivity contribution is 5.89. The van der Waals surface area contributed by atoms with E-state index < -0.39 is 0 Å². The molecule has 0 fully saturated rings. The highest BCUT2D eigenvalue weighted by atomic mass is 16.5. The third kappa shape index (κ3) is 2.59. The number of nitrogens with one attached hydrogen (secondary N) is 1. The van der Waals surface area contributed by atoms with Crippen molar-refractivity contribution in [1.82, 2.24) is 15.1 Å². The molecule has 0 spiro atoms. The lowest BCUT2D eigenvalue weighted by atomic mass is 10.1. The lowest BCUT2D eigenvalue weighted by Crippen LogP contribution is -1.99.